The van der Waals surface area contributed by atoms with Gasteiger partial charge in [-0.2, -0.15) is 4.98 Å². The van der Waals surface area contributed by atoms with Gasteiger partial charge in [-0.3, -0.25) is 9.69 Å². The summed E-state index contributed by atoms with van der Waals surface area (Å²) in [7, 11) is 0. The molecule has 0 spiro atoms. The second-order valence-electron chi connectivity index (χ2n) is 8.76. The van der Waals surface area contributed by atoms with Crippen LogP contribution in [0.2, 0.25) is 0 Å². The van der Waals surface area contributed by atoms with Gasteiger partial charge in [0.05, 0.1) is 5.92 Å². The number of nitrogens with zero attached hydrogens (tertiary/aromatic N) is 4. The first kappa shape index (κ1) is 19.9. The molecular weight excluding hydrogens is 420 g/mol. The highest BCUT2D eigenvalue weighted by molar-refractivity contribution is 5.72. The average Bonchev–Trinajstić information content (AvgIpc) is 3.36. The predicted octanol–water partition coefficient (Wildman–Crippen LogP) is 4.45. The molecule has 0 atom stereocenters. The molecule has 6 rings (SSSR count). The van der Waals surface area contributed by atoms with E-state index in [9.17, 15) is 4.79 Å². The highest BCUT2D eigenvalue weighted by Crippen LogP contribution is 2.48. The summed E-state index contributed by atoms with van der Waals surface area (Å²) in [5, 5.41) is 17.5. The lowest BCUT2D eigenvalue weighted by Gasteiger charge is -2.36. The maximum atomic E-state index is 11.0. The monoisotopic (exact) mass is 442 g/mol. The zero-order valence-electron chi connectivity index (χ0n) is 17.8. The van der Waals surface area contributed by atoms with Crippen LogP contribution < -0.4 is 0 Å². The van der Waals surface area contributed by atoms with Crippen molar-refractivity contribution in [1.82, 2.24) is 20.2 Å². The van der Waals surface area contributed by atoms with E-state index in [4.69, 9.17) is 14.2 Å². The van der Waals surface area contributed by atoms with Gasteiger partial charge >= 0.3 is 5.97 Å². The molecule has 2 fully saturated rings. The van der Waals surface area contributed by atoms with Crippen LogP contribution in [0.25, 0.3) is 34.3 Å². The van der Waals surface area contributed by atoms with Crippen molar-refractivity contribution >= 4 is 5.97 Å². The maximum absolute atomic E-state index is 11.0. The fourth-order valence-corrected chi connectivity index (χ4v) is 4.31. The molecule has 2 aromatic carbocycles. The van der Waals surface area contributed by atoms with Crippen LogP contribution in [0.5, 0.6) is 0 Å². The van der Waals surface area contributed by atoms with Gasteiger partial charge in [-0.05, 0) is 24.3 Å². The lowest BCUT2D eigenvalue weighted by Crippen LogP contribution is -2.49. The normalized spacial score (nSPS) is 16.6. The number of aliphatic carboxylic acids is 1. The van der Waals surface area contributed by atoms with Crippen molar-refractivity contribution in [3.8, 4) is 34.3 Å². The number of hydrogen-bond donors (Lipinski definition) is 1. The summed E-state index contributed by atoms with van der Waals surface area (Å²) in [6, 6.07) is 17.9. The molecule has 2 aliphatic rings. The molecule has 166 valence electrons. The molecule has 8 nitrogen and oxygen atoms in total. The van der Waals surface area contributed by atoms with Crippen molar-refractivity contribution in [3.05, 3.63) is 65.7 Å². The molecule has 0 radical (unpaired) electrons. The lowest BCUT2D eigenvalue weighted by molar-refractivity contribution is -0.147. The Bertz CT molecular complexity index is 1290. The SMILES string of the molecule is O=C(O)C1CN(Cc2ccc(-c3noc(-c4noc(-c5ccccc5)c4C4CC4)n3)cc2)C1. The zero-order valence-corrected chi connectivity index (χ0v) is 17.8. The maximum Gasteiger partial charge on any atom is 0.309 e. The average molecular weight is 442 g/mol. The van der Waals surface area contributed by atoms with Gasteiger partial charge in [-0.1, -0.05) is 64.9 Å². The van der Waals surface area contributed by atoms with E-state index >= 15 is 0 Å². The molecule has 1 saturated heterocycles. The second kappa shape index (κ2) is 7.97. The highest BCUT2D eigenvalue weighted by Gasteiger charge is 2.35. The van der Waals surface area contributed by atoms with E-state index in [0.717, 1.165) is 47.4 Å². The fourth-order valence-electron chi connectivity index (χ4n) is 4.31. The van der Waals surface area contributed by atoms with Crippen molar-refractivity contribution in [3.63, 3.8) is 0 Å². The first-order chi connectivity index (χ1) is 16.2. The van der Waals surface area contributed by atoms with Crippen LogP contribution in [0, 0.1) is 5.92 Å². The topological polar surface area (TPSA) is 105 Å². The standard InChI is InChI=1S/C25H22N4O4/c30-25(31)19-13-29(14-19)12-15-6-8-18(9-7-15)23-26-24(33-28-23)21-20(16-10-11-16)22(32-27-21)17-4-2-1-3-5-17/h1-9,16,19H,10-14H2,(H,30,31). The third kappa shape index (κ3) is 3.82. The Morgan fingerprint density at radius 3 is 2.42 bits per heavy atom. The van der Waals surface area contributed by atoms with Crippen molar-refractivity contribution < 1.29 is 18.9 Å². The Hall–Kier alpha value is -3.78. The molecule has 3 heterocycles. The number of carbonyl (C=O) groups is 1. The van der Waals surface area contributed by atoms with Crippen LogP contribution in [0.3, 0.4) is 0 Å². The van der Waals surface area contributed by atoms with Gasteiger partial charge < -0.3 is 14.2 Å². The highest BCUT2D eigenvalue weighted by atomic mass is 16.5. The second-order valence-corrected chi connectivity index (χ2v) is 8.76. The molecule has 33 heavy (non-hydrogen) atoms. The number of carboxylic acid groups (broad SMARTS) is 1. The van der Waals surface area contributed by atoms with Crippen LogP contribution >= 0.6 is 0 Å². The van der Waals surface area contributed by atoms with Crippen LogP contribution in [-0.4, -0.2) is 44.4 Å². The number of benzene rings is 2. The zero-order chi connectivity index (χ0) is 22.4. The molecule has 0 amide bonds. The van der Waals surface area contributed by atoms with E-state index in [0.29, 0.717) is 36.4 Å². The van der Waals surface area contributed by atoms with E-state index in [1.165, 1.54) is 0 Å². The minimum absolute atomic E-state index is 0.249. The Balaban J connectivity index is 1.21. The van der Waals surface area contributed by atoms with E-state index in [1.54, 1.807) is 0 Å². The first-order valence-corrected chi connectivity index (χ1v) is 11.1. The van der Waals surface area contributed by atoms with Crippen molar-refractivity contribution in [2.75, 3.05) is 13.1 Å². The Kier molecular flexibility index (Phi) is 4.80. The summed E-state index contributed by atoms with van der Waals surface area (Å²) < 4.78 is 11.3. The molecule has 2 aromatic heterocycles. The van der Waals surface area contributed by atoms with Gasteiger partial charge in [0.15, 0.2) is 11.5 Å². The van der Waals surface area contributed by atoms with E-state index in [1.807, 2.05) is 54.6 Å². The summed E-state index contributed by atoms with van der Waals surface area (Å²) in [5.74, 6) is 1.06. The van der Waals surface area contributed by atoms with Crippen LogP contribution in [0.15, 0.2) is 63.6 Å². The third-order valence-corrected chi connectivity index (χ3v) is 6.30. The van der Waals surface area contributed by atoms with Gasteiger partial charge in [-0.25, -0.2) is 0 Å². The molecule has 1 saturated carbocycles. The third-order valence-electron chi connectivity index (χ3n) is 6.30. The number of aromatic nitrogens is 3. The van der Waals surface area contributed by atoms with Crippen LogP contribution in [0.1, 0.15) is 29.9 Å². The van der Waals surface area contributed by atoms with E-state index < -0.39 is 5.97 Å². The summed E-state index contributed by atoms with van der Waals surface area (Å²) >= 11 is 0. The summed E-state index contributed by atoms with van der Waals surface area (Å²) in [6.07, 6.45) is 2.20. The Labute approximate surface area is 189 Å². The van der Waals surface area contributed by atoms with Crippen molar-refractivity contribution in [2.45, 2.75) is 25.3 Å². The quantitative estimate of drug-likeness (QED) is 0.447. The van der Waals surface area contributed by atoms with Crippen molar-refractivity contribution in [2.24, 2.45) is 5.92 Å². The largest absolute Gasteiger partial charge is 0.481 e. The smallest absolute Gasteiger partial charge is 0.309 e. The van der Waals surface area contributed by atoms with Gasteiger partial charge in [0, 0.05) is 36.3 Å². The molecule has 4 aromatic rings. The van der Waals surface area contributed by atoms with Gasteiger partial charge in [0.1, 0.15) is 0 Å². The van der Waals surface area contributed by atoms with Gasteiger partial charge in [0.2, 0.25) is 5.82 Å². The molecule has 1 aliphatic carbocycles. The van der Waals surface area contributed by atoms with Crippen LogP contribution in [0.4, 0.5) is 0 Å². The lowest BCUT2D eigenvalue weighted by atomic mass is 9.99. The Morgan fingerprint density at radius 1 is 0.970 bits per heavy atom. The van der Waals surface area contributed by atoms with E-state index in [-0.39, 0.29) is 5.92 Å². The fraction of sp³-hybridized carbons (Fsp3) is 0.280. The summed E-state index contributed by atoms with van der Waals surface area (Å²) in [5.41, 5.74) is 4.62. The minimum atomic E-state index is -0.720. The molecule has 0 unspecified atom stereocenters. The molecule has 1 N–H and O–H groups in total. The number of likely N-dealkylation sites (tertiary alicyclic amines) is 1. The minimum Gasteiger partial charge on any atom is -0.481 e. The van der Waals surface area contributed by atoms with Crippen molar-refractivity contribution in [1.29, 1.82) is 0 Å². The first-order valence-electron chi connectivity index (χ1n) is 11.1. The van der Waals surface area contributed by atoms with E-state index in [2.05, 4.69) is 20.2 Å². The number of hydrogen-bond acceptors (Lipinski definition) is 7. The number of rotatable bonds is 7. The van der Waals surface area contributed by atoms with Crippen LogP contribution in [-0.2, 0) is 11.3 Å². The van der Waals surface area contributed by atoms with Gasteiger partial charge in [-0.15, -0.1) is 0 Å². The molecule has 0 bridgehead atoms. The summed E-state index contributed by atoms with van der Waals surface area (Å²) in [6.45, 7) is 1.92. The Morgan fingerprint density at radius 2 is 1.73 bits per heavy atom. The summed E-state index contributed by atoms with van der Waals surface area (Å²) in [4.78, 5) is 17.7. The van der Waals surface area contributed by atoms with Gasteiger partial charge in [0.25, 0.3) is 5.89 Å². The number of carboxylic acids is 1. The molecule has 8 heteroatoms. The molecule has 1 aliphatic heterocycles. The predicted molar refractivity (Wildman–Crippen MR) is 119 cm³/mol. The molecular formula is C25H22N4O4.